The monoisotopic (exact) mass is 518 g/mol. The molecule has 0 heterocycles. The second-order valence-electron chi connectivity index (χ2n) is 9.18. The zero-order chi connectivity index (χ0) is 27.7. The van der Waals surface area contributed by atoms with Gasteiger partial charge in [0.15, 0.2) is 23.0 Å². The molecule has 0 saturated heterocycles. The molecule has 0 aliphatic rings. The molecule has 6 nitrogen and oxygen atoms in total. The number of hydrogen-bond donors (Lipinski definition) is 0. The Balaban J connectivity index is 1.78. The minimum atomic E-state index is 0.00840. The van der Waals surface area contributed by atoms with Crippen LogP contribution in [0.1, 0.15) is 49.9 Å². The van der Waals surface area contributed by atoms with Crippen molar-refractivity contribution >= 4 is 24.3 Å². The largest absolute Gasteiger partial charge is 0.493 e. The second-order valence-corrected chi connectivity index (χ2v) is 9.18. The number of methoxy groups -OCH3 is 4. The molecule has 0 aliphatic heterocycles. The van der Waals surface area contributed by atoms with Gasteiger partial charge < -0.3 is 28.4 Å². The lowest BCUT2D eigenvalue weighted by atomic mass is 10.1. The summed E-state index contributed by atoms with van der Waals surface area (Å²) < 4.78 is 34.0. The van der Waals surface area contributed by atoms with Gasteiger partial charge in [-0.05, 0) is 74.2 Å². The molecule has 0 radical (unpaired) electrons. The predicted octanol–water partition coefficient (Wildman–Crippen LogP) is 7.64. The third-order valence-electron chi connectivity index (χ3n) is 5.55. The van der Waals surface area contributed by atoms with Crippen molar-refractivity contribution in [2.75, 3.05) is 28.4 Å². The van der Waals surface area contributed by atoms with Crippen molar-refractivity contribution < 1.29 is 28.4 Å². The molecule has 0 N–H and O–H groups in total. The highest BCUT2D eigenvalue weighted by Crippen LogP contribution is 2.40. The molecular formula is C32H38O6. The Morgan fingerprint density at radius 3 is 0.947 bits per heavy atom. The average Bonchev–Trinajstić information content (AvgIpc) is 2.91. The molecule has 0 fully saturated rings. The first-order valence-electron chi connectivity index (χ1n) is 12.6. The summed E-state index contributed by atoms with van der Waals surface area (Å²) in [4.78, 5) is 0. The summed E-state index contributed by atoms with van der Waals surface area (Å²) in [5.41, 5.74) is 4.04. The normalized spacial score (nSPS) is 11.4. The molecule has 3 rings (SSSR count). The Hall–Kier alpha value is -4.06. The number of rotatable bonds is 12. The van der Waals surface area contributed by atoms with Crippen molar-refractivity contribution in [3.05, 3.63) is 70.8 Å². The maximum atomic E-state index is 5.89. The SMILES string of the molecule is COc1cc(/C=C/c2ccc(/C=C/c3cc(OC)c(OC(C)C)c(OC)c3)cc2)cc(OC)c1OC(C)C. The molecule has 0 unspecified atom stereocenters. The fraction of sp³-hybridized carbons (Fsp3) is 0.312. The first-order valence-corrected chi connectivity index (χ1v) is 12.6. The van der Waals surface area contributed by atoms with Gasteiger partial charge in [0.25, 0.3) is 0 Å². The average molecular weight is 519 g/mol. The zero-order valence-electron chi connectivity index (χ0n) is 23.5. The highest BCUT2D eigenvalue weighted by Gasteiger charge is 2.16. The first-order chi connectivity index (χ1) is 18.3. The fourth-order valence-electron chi connectivity index (χ4n) is 3.80. The maximum absolute atomic E-state index is 5.89. The van der Waals surface area contributed by atoms with Crippen molar-refractivity contribution in [3.8, 4) is 34.5 Å². The minimum absolute atomic E-state index is 0.00840. The predicted molar refractivity (Wildman–Crippen MR) is 155 cm³/mol. The van der Waals surface area contributed by atoms with Crippen molar-refractivity contribution in [2.24, 2.45) is 0 Å². The summed E-state index contributed by atoms with van der Waals surface area (Å²) >= 11 is 0. The summed E-state index contributed by atoms with van der Waals surface area (Å²) in [5.74, 6) is 3.75. The fourth-order valence-corrected chi connectivity index (χ4v) is 3.80. The van der Waals surface area contributed by atoms with Gasteiger partial charge >= 0.3 is 0 Å². The Morgan fingerprint density at radius 1 is 0.447 bits per heavy atom. The summed E-state index contributed by atoms with van der Waals surface area (Å²) in [6.45, 7) is 7.88. The summed E-state index contributed by atoms with van der Waals surface area (Å²) in [6.07, 6.45) is 8.16. The number of ether oxygens (including phenoxy) is 6. The summed E-state index contributed by atoms with van der Waals surface area (Å²) in [7, 11) is 6.51. The standard InChI is InChI=1S/C32H38O6/c1-21(2)37-31-27(33-5)17-25(18-28(31)34-6)15-13-23-9-11-24(12-10-23)14-16-26-19-29(35-7)32(38-22(3)4)30(20-26)36-8/h9-22H,1-8H3/b15-13+,16-14+. The van der Waals surface area contributed by atoms with E-state index in [2.05, 4.69) is 24.3 Å². The third kappa shape index (κ3) is 7.48. The number of hydrogen-bond acceptors (Lipinski definition) is 6. The van der Waals surface area contributed by atoms with E-state index in [1.807, 2.05) is 76.3 Å². The molecule has 202 valence electrons. The van der Waals surface area contributed by atoms with Gasteiger partial charge in [-0.2, -0.15) is 0 Å². The van der Waals surface area contributed by atoms with E-state index in [1.54, 1.807) is 28.4 Å². The van der Waals surface area contributed by atoms with E-state index < -0.39 is 0 Å². The minimum Gasteiger partial charge on any atom is -0.493 e. The van der Waals surface area contributed by atoms with E-state index in [4.69, 9.17) is 28.4 Å². The van der Waals surface area contributed by atoms with Crippen LogP contribution in [-0.2, 0) is 0 Å². The topological polar surface area (TPSA) is 55.4 Å². The van der Waals surface area contributed by atoms with Crippen LogP contribution < -0.4 is 28.4 Å². The lowest BCUT2D eigenvalue weighted by Crippen LogP contribution is -2.08. The van der Waals surface area contributed by atoms with E-state index in [-0.39, 0.29) is 12.2 Å². The van der Waals surface area contributed by atoms with Crippen LogP contribution in [0.25, 0.3) is 24.3 Å². The van der Waals surface area contributed by atoms with Crippen LogP contribution in [0.2, 0.25) is 0 Å². The molecule has 3 aromatic carbocycles. The Bertz CT molecular complexity index is 1110. The van der Waals surface area contributed by atoms with E-state index in [9.17, 15) is 0 Å². The van der Waals surface area contributed by atoms with Crippen molar-refractivity contribution in [3.63, 3.8) is 0 Å². The van der Waals surface area contributed by atoms with Crippen LogP contribution in [-0.4, -0.2) is 40.6 Å². The quantitative estimate of drug-likeness (QED) is 0.230. The van der Waals surface area contributed by atoms with Gasteiger partial charge in [0, 0.05) is 0 Å². The Kier molecular flexibility index (Phi) is 10.1. The molecule has 0 atom stereocenters. The van der Waals surface area contributed by atoms with Crippen LogP contribution in [0.4, 0.5) is 0 Å². The van der Waals surface area contributed by atoms with Crippen LogP contribution in [0.15, 0.2) is 48.5 Å². The first kappa shape index (κ1) is 28.5. The molecule has 3 aromatic rings. The highest BCUT2D eigenvalue weighted by molar-refractivity contribution is 5.75. The third-order valence-corrected chi connectivity index (χ3v) is 5.55. The Labute approximate surface area is 226 Å². The van der Waals surface area contributed by atoms with Crippen LogP contribution in [0, 0.1) is 0 Å². The molecular weight excluding hydrogens is 480 g/mol. The lowest BCUT2D eigenvalue weighted by molar-refractivity contribution is 0.218. The molecule has 0 aromatic heterocycles. The van der Waals surface area contributed by atoms with Gasteiger partial charge in [-0.1, -0.05) is 48.6 Å². The summed E-state index contributed by atoms with van der Waals surface area (Å²) in [5, 5.41) is 0. The van der Waals surface area contributed by atoms with Crippen molar-refractivity contribution in [1.29, 1.82) is 0 Å². The smallest absolute Gasteiger partial charge is 0.203 e. The van der Waals surface area contributed by atoms with E-state index in [0.717, 1.165) is 22.3 Å². The van der Waals surface area contributed by atoms with E-state index in [1.165, 1.54) is 0 Å². The van der Waals surface area contributed by atoms with Gasteiger partial charge in [-0.3, -0.25) is 0 Å². The van der Waals surface area contributed by atoms with Crippen LogP contribution >= 0.6 is 0 Å². The highest BCUT2D eigenvalue weighted by atomic mass is 16.5. The molecule has 0 saturated carbocycles. The van der Waals surface area contributed by atoms with Gasteiger partial charge in [-0.25, -0.2) is 0 Å². The molecule has 38 heavy (non-hydrogen) atoms. The van der Waals surface area contributed by atoms with Gasteiger partial charge in [-0.15, -0.1) is 0 Å². The molecule has 0 spiro atoms. The van der Waals surface area contributed by atoms with E-state index >= 15 is 0 Å². The van der Waals surface area contributed by atoms with E-state index in [0.29, 0.717) is 34.5 Å². The lowest BCUT2D eigenvalue weighted by Gasteiger charge is -2.17. The number of benzene rings is 3. The van der Waals surface area contributed by atoms with Gasteiger partial charge in [0.05, 0.1) is 40.6 Å². The van der Waals surface area contributed by atoms with Crippen molar-refractivity contribution in [2.45, 2.75) is 39.9 Å². The van der Waals surface area contributed by atoms with Crippen LogP contribution in [0.3, 0.4) is 0 Å². The van der Waals surface area contributed by atoms with Crippen molar-refractivity contribution in [1.82, 2.24) is 0 Å². The van der Waals surface area contributed by atoms with Gasteiger partial charge in [0.2, 0.25) is 11.5 Å². The molecule has 0 bridgehead atoms. The molecule has 6 heteroatoms. The van der Waals surface area contributed by atoms with Crippen LogP contribution in [0.5, 0.6) is 34.5 Å². The molecule has 0 aliphatic carbocycles. The second kappa shape index (κ2) is 13.5. The zero-order valence-corrected chi connectivity index (χ0v) is 23.5. The molecule has 0 amide bonds. The maximum Gasteiger partial charge on any atom is 0.203 e. The summed E-state index contributed by atoms with van der Waals surface area (Å²) in [6, 6.07) is 16.0. The Morgan fingerprint density at radius 2 is 0.711 bits per heavy atom. The van der Waals surface area contributed by atoms with Gasteiger partial charge in [0.1, 0.15) is 0 Å².